The van der Waals surface area contributed by atoms with Crippen LogP contribution in [0.25, 0.3) is 0 Å². The summed E-state index contributed by atoms with van der Waals surface area (Å²) in [5.74, 6) is -0.329. The first-order valence-corrected chi connectivity index (χ1v) is 9.18. The third-order valence-corrected chi connectivity index (χ3v) is 5.38. The third kappa shape index (κ3) is 5.57. The molecule has 1 atom stereocenters. The molecule has 5 heteroatoms. The molecule has 126 valence electrons. The number of anilines is 1. The highest BCUT2D eigenvalue weighted by atomic mass is 32.2. The third-order valence-electron chi connectivity index (χ3n) is 4.03. The number of carbonyl (C=O) groups is 2. The minimum Gasteiger partial charge on any atom is -0.344 e. The Kier molecular flexibility index (Phi) is 6.51. The highest BCUT2D eigenvalue weighted by Gasteiger charge is 2.23. The van der Waals surface area contributed by atoms with Crippen LogP contribution in [-0.4, -0.2) is 23.1 Å². The largest absolute Gasteiger partial charge is 0.344 e. The van der Waals surface area contributed by atoms with Crippen molar-refractivity contribution in [3.05, 3.63) is 24.3 Å². The number of nitrogens with one attached hydrogen (secondary N) is 2. The molecule has 0 spiro atoms. The molecule has 0 bridgehead atoms. The molecule has 1 aromatic carbocycles. The van der Waals surface area contributed by atoms with E-state index in [1.165, 1.54) is 37.5 Å². The molecular weight excluding hydrogens is 308 g/mol. The van der Waals surface area contributed by atoms with Crippen molar-refractivity contribution in [2.24, 2.45) is 5.92 Å². The van der Waals surface area contributed by atoms with E-state index >= 15 is 0 Å². The van der Waals surface area contributed by atoms with Crippen molar-refractivity contribution in [3.63, 3.8) is 0 Å². The van der Waals surface area contributed by atoms with Crippen LogP contribution >= 0.6 is 11.8 Å². The van der Waals surface area contributed by atoms with Gasteiger partial charge in [0, 0.05) is 22.8 Å². The van der Waals surface area contributed by atoms with Gasteiger partial charge in [0.1, 0.15) is 6.04 Å². The van der Waals surface area contributed by atoms with E-state index in [1.54, 1.807) is 0 Å². The van der Waals surface area contributed by atoms with Crippen molar-refractivity contribution in [2.75, 3.05) is 5.32 Å². The fourth-order valence-corrected chi connectivity index (χ4v) is 4.04. The van der Waals surface area contributed by atoms with Crippen molar-refractivity contribution in [3.8, 4) is 0 Å². The highest BCUT2D eigenvalue weighted by molar-refractivity contribution is 8.00. The first kappa shape index (κ1) is 17.9. The fourth-order valence-electron chi connectivity index (χ4n) is 2.79. The Morgan fingerprint density at radius 3 is 2.26 bits per heavy atom. The summed E-state index contributed by atoms with van der Waals surface area (Å²) in [6.45, 7) is 5.26. The van der Waals surface area contributed by atoms with Gasteiger partial charge in [0.15, 0.2) is 0 Å². The first-order valence-electron chi connectivity index (χ1n) is 8.30. The van der Waals surface area contributed by atoms with Gasteiger partial charge in [-0.2, -0.15) is 0 Å². The molecular formula is C18H26N2O2S. The van der Waals surface area contributed by atoms with Crippen LogP contribution < -0.4 is 10.6 Å². The molecule has 23 heavy (non-hydrogen) atoms. The Balaban J connectivity index is 1.93. The second-order valence-electron chi connectivity index (χ2n) is 6.46. The molecule has 2 N–H and O–H groups in total. The van der Waals surface area contributed by atoms with E-state index in [0.29, 0.717) is 0 Å². The van der Waals surface area contributed by atoms with Crippen LogP contribution in [0.3, 0.4) is 0 Å². The van der Waals surface area contributed by atoms with Gasteiger partial charge in [-0.05, 0) is 43.0 Å². The second kappa shape index (κ2) is 8.39. The Morgan fingerprint density at radius 2 is 1.74 bits per heavy atom. The first-order chi connectivity index (χ1) is 11.0. The van der Waals surface area contributed by atoms with Gasteiger partial charge in [0.25, 0.3) is 0 Å². The topological polar surface area (TPSA) is 58.2 Å². The molecule has 4 nitrogen and oxygen atoms in total. The number of hydrogen-bond acceptors (Lipinski definition) is 3. The van der Waals surface area contributed by atoms with Crippen molar-refractivity contribution >= 4 is 29.3 Å². The maximum atomic E-state index is 12.3. The van der Waals surface area contributed by atoms with Gasteiger partial charge in [0.2, 0.25) is 11.8 Å². The molecule has 1 fully saturated rings. The van der Waals surface area contributed by atoms with Gasteiger partial charge < -0.3 is 10.6 Å². The smallest absolute Gasteiger partial charge is 0.247 e. The average Bonchev–Trinajstić information content (AvgIpc) is 2.99. The highest BCUT2D eigenvalue weighted by Crippen LogP contribution is 2.34. The lowest BCUT2D eigenvalue weighted by molar-refractivity contribution is -0.126. The van der Waals surface area contributed by atoms with E-state index in [1.807, 2.05) is 37.7 Å². The van der Waals surface area contributed by atoms with E-state index in [2.05, 4.69) is 22.8 Å². The Labute approximate surface area is 142 Å². The molecule has 1 saturated carbocycles. The van der Waals surface area contributed by atoms with Gasteiger partial charge in [-0.15, -0.1) is 11.8 Å². The maximum absolute atomic E-state index is 12.3. The van der Waals surface area contributed by atoms with E-state index < -0.39 is 6.04 Å². The zero-order chi connectivity index (χ0) is 16.8. The predicted octanol–water partition coefficient (Wildman–Crippen LogP) is 3.82. The van der Waals surface area contributed by atoms with Crippen LogP contribution in [0, 0.1) is 5.92 Å². The summed E-state index contributed by atoms with van der Waals surface area (Å²) in [4.78, 5) is 24.8. The quantitative estimate of drug-likeness (QED) is 0.831. The predicted molar refractivity (Wildman–Crippen MR) is 95.6 cm³/mol. The van der Waals surface area contributed by atoms with Crippen molar-refractivity contribution in [1.29, 1.82) is 0 Å². The molecule has 1 aromatic rings. The number of hydrogen-bond donors (Lipinski definition) is 2. The van der Waals surface area contributed by atoms with Crippen molar-refractivity contribution in [2.45, 2.75) is 62.6 Å². The van der Waals surface area contributed by atoms with Crippen LogP contribution in [0.2, 0.25) is 0 Å². The van der Waals surface area contributed by atoms with E-state index in [4.69, 9.17) is 0 Å². The van der Waals surface area contributed by atoms with Gasteiger partial charge in [-0.25, -0.2) is 0 Å². The molecule has 2 rings (SSSR count). The van der Waals surface area contributed by atoms with Crippen LogP contribution in [0.15, 0.2) is 29.2 Å². The Hall–Kier alpha value is -1.49. The van der Waals surface area contributed by atoms with E-state index in [9.17, 15) is 9.59 Å². The molecule has 0 heterocycles. The Bertz CT molecular complexity index is 536. The minimum absolute atomic E-state index is 0.0381. The molecule has 0 aliphatic heterocycles. The standard InChI is InChI=1S/C18H26N2O2S/c1-12(2)17(19-13(3)21)18(22)20-14-8-10-16(11-9-14)23-15-6-4-5-7-15/h8-12,15,17H,4-7H2,1-3H3,(H,19,21)(H,20,22)/t17-/m1/s1. The number of benzene rings is 1. The fraction of sp³-hybridized carbons (Fsp3) is 0.556. The minimum atomic E-state index is -0.514. The molecule has 0 saturated heterocycles. The summed E-state index contributed by atoms with van der Waals surface area (Å²) >= 11 is 1.93. The molecule has 2 amide bonds. The monoisotopic (exact) mass is 334 g/mol. The molecule has 0 radical (unpaired) electrons. The number of thioether (sulfide) groups is 1. The van der Waals surface area contributed by atoms with Gasteiger partial charge >= 0.3 is 0 Å². The normalized spacial score (nSPS) is 16.3. The van der Waals surface area contributed by atoms with Gasteiger partial charge in [-0.3, -0.25) is 9.59 Å². The van der Waals surface area contributed by atoms with Crippen LogP contribution in [0.4, 0.5) is 5.69 Å². The summed E-state index contributed by atoms with van der Waals surface area (Å²) in [6, 6.07) is 7.46. The summed E-state index contributed by atoms with van der Waals surface area (Å²) in [5.41, 5.74) is 0.766. The molecule has 0 unspecified atom stereocenters. The summed E-state index contributed by atoms with van der Waals surface area (Å²) in [6.07, 6.45) is 5.28. The van der Waals surface area contributed by atoms with E-state index in [-0.39, 0.29) is 17.7 Å². The summed E-state index contributed by atoms with van der Waals surface area (Å²) in [5, 5.41) is 6.33. The van der Waals surface area contributed by atoms with E-state index in [0.717, 1.165) is 10.9 Å². The molecule has 1 aliphatic rings. The summed E-state index contributed by atoms with van der Waals surface area (Å²) in [7, 11) is 0. The van der Waals surface area contributed by atoms with Crippen LogP contribution in [0.1, 0.15) is 46.5 Å². The number of carbonyl (C=O) groups excluding carboxylic acids is 2. The lowest BCUT2D eigenvalue weighted by Gasteiger charge is -2.21. The van der Waals surface area contributed by atoms with Crippen LogP contribution in [-0.2, 0) is 9.59 Å². The van der Waals surface area contributed by atoms with Gasteiger partial charge in [-0.1, -0.05) is 26.7 Å². The van der Waals surface area contributed by atoms with Crippen molar-refractivity contribution in [1.82, 2.24) is 5.32 Å². The molecule has 0 aromatic heterocycles. The zero-order valence-corrected chi connectivity index (χ0v) is 14.9. The molecule has 1 aliphatic carbocycles. The average molecular weight is 334 g/mol. The van der Waals surface area contributed by atoms with Gasteiger partial charge in [0.05, 0.1) is 0 Å². The van der Waals surface area contributed by atoms with Crippen molar-refractivity contribution < 1.29 is 9.59 Å². The summed E-state index contributed by atoms with van der Waals surface area (Å²) < 4.78 is 0. The SMILES string of the molecule is CC(=O)N[C@@H](C(=O)Nc1ccc(SC2CCCC2)cc1)C(C)C. The number of rotatable bonds is 6. The number of amides is 2. The lowest BCUT2D eigenvalue weighted by Crippen LogP contribution is -2.46. The Morgan fingerprint density at radius 1 is 1.13 bits per heavy atom. The lowest BCUT2D eigenvalue weighted by atomic mass is 10.0. The maximum Gasteiger partial charge on any atom is 0.247 e. The zero-order valence-electron chi connectivity index (χ0n) is 14.1. The van der Waals surface area contributed by atoms with Crippen LogP contribution in [0.5, 0.6) is 0 Å². The second-order valence-corrected chi connectivity index (χ2v) is 7.83.